The fraction of sp³-hybridized carbons (Fsp3) is 0.286. The molecule has 0 saturated carbocycles. The third kappa shape index (κ3) is 4.61. The minimum absolute atomic E-state index is 0.00527. The van der Waals surface area contributed by atoms with Gasteiger partial charge in [0.1, 0.15) is 11.3 Å². The highest BCUT2D eigenvalue weighted by Gasteiger charge is 2.26. The Balaban J connectivity index is 1.83. The number of aromatic hydroxyl groups is 1. The Kier molecular flexibility index (Phi) is 6.57. The highest BCUT2D eigenvalue weighted by molar-refractivity contribution is 6.07. The van der Waals surface area contributed by atoms with Crippen LogP contribution in [0.15, 0.2) is 36.4 Å². The molecule has 0 spiro atoms. The number of carbonyl (C=O) groups is 3. The number of nitro benzene ring substituents is 1. The molecule has 0 aliphatic carbocycles. The number of amides is 2. The van der Waals surface area contributed by atoms with Crippen molar-refractivity contribution in [3.8, 4) is 5.75 Å². The summed E-state index contributed by atoms with van der Waals surface area (Å²) in [5, 5.41) is 24.4. The van der Waals surface area contributed by atoms with E-state index in [1.54, 1.807) is 9.80 Å². The summed E-state index contributed by atoms with van der Waals surface area (Å²) in [5.41, 5.74) is -0.0567. The maximum Gasteiger partial charge on any atom is 0.341 e. The Morgan fingerprint density at radius 2 is 1.81 bits per heavy atom. The maximum atomic E-state index is 12.7. The minimum atomic E-state index is -0.775. The van der Waals surface area contributed by atoms with Crippen LogP contribution in [0.25, 0.3) is 0 Å². The van der Waals surface area contributed by atoms with Crippen LogP contribution in [0, 0.1) is 10.1 Å². The summed E-state index contributed by atoms with van der Waals surface area (Å²) in [4.78, 5) is 50.4. The van der Waals surface area contributed by atoms with Crippen LogP contribution in [0.1, 0.15) is 27.6 Å². The number of anilines is 2. The molecule has 1 aliphatic rings. The van der Waals surface area contributed by atoms with Crippen LogP contribution in [0.5, 0.6) is 5.75 Å². The van der Waals surface area contributed by atoms with E-state index in [-0.39, 0.29) is 28.4 Å². The first-order chi connectivity index (χ1) is 15.2. The lowest BCUT2D eigenvalue weighted by molar-refractivity contribution is -0.384. The van der Waals surface area contributed by atoms with E-state index < -0.39 is 22.5 Å². The van der Waals surface area contributed by atoms with Gasteiger partial charge in [-0.1, -0.05) is 6.07 Å². The number of carbonyl (C=O) groups excluding carboxylic acids is 3. The molecule has 1 heterocycles. The van der Waals surface area contributed by atoms with Crippen molar-refractivity contribution in [1.29, 1.82) is 0 Å². The van der Waals surface area contributed by atoms with Gasteiger partial charge in [0, 0.05) is 44.7 Å². The molecule has 2 amide bonds. The largest absolute Gasteiger partial charge is 0.505 e. The van der Waals surface area contributed by atoms with Gasteiger partial charge in [-0.05, 0) is 24.3 Å². The lowest BCUT2D eigenvalue weighted by atomic mass is 10.1. The summed E-state index contributed by atoms with van der Waals surface area (Å²) in [6.07, 6.45) is 0. The number of piperazine rings is 1. The summed E-state index contributed by atoms with van der Waals surface area (Å²) in [6.45, 7) is 3.24. The number of phenolic OH excluding ortho intramolecular Hbond substituents is 1. The smallest absolute Gasteiger partial charge is 0.341 e. The molecule has 168 valence electrons. The Hall–Kier alpha value is -4.15. The molecule has 11 nitrogen and oxygen atoms in total. The first kappa shape index (κ1) is 22.5. The van der Waals surface area contributed by atoms with E-state index in [1.807, 2.05) is 0 Å². The van der Waals surface area contributed by atoms with Gasteiger partial charge in [0.05, 0.1) is 17.7 Å². The zero-order valence-electron chi connectivity index (χ0n) is 17.5. The van der Waals surface area contributed by atoms with Gasteiger partial charge in [0.25, 0.3) is 11.6 Å². The second-order valence-corrected chi connectivity index (χ2v) is 7.10. The van der Waals surface area contributed by atoms with Crippen molar-refractivity contribution in [1.82, 2.24) is 4.90 Å². The second kappa shape index (κ2) is 9.33. The van der Waals surface area contributed by atoms with E-state index in [4.69, 9.17) is 0 Å². The summed E-state index contributed by atoms with van der Waals surface area (Å²) >= 11 is 0. The Labute approximate surface area is 183 Å². The second-order valence-electron chi connectivity index (χ2n) is 7.10. The average Bonchev–Trinajstić information content (AvgIpc) is 2.79. The highest BCUT2D eigenvalue weighted by atomic mass is 16.6. The van der Waals surface area contributed by atoms with Gasteiger partial charge < -0.3 is 25.0 Å². The van der Waals surface area contributed by atoms with Gasteiger partial charge in [-0.15, -0.1) is 0 Å². The zero-order chi connectivity index (χ0) is 23.4. The minimum Gasteiger partial charge on any atom is -0.505 e. The van der Waals surface area contributed by atoms with Crippen molar-refractivity contribution in [2.24, 2.45) is 0 Å². The Morgan fingerprint density at radius 1 is 1.12 bits per heavy atom. The number of methoxy groups -OCH3 is 1. The molecule has 0 bridgehead atoms. The molecular weight excluding hydrogens is 420 g/mol. The molecule has 2 aromatic rings. The molecule has 0 aromatic heterocycles. The van der Waals surface area contributed by atoms with Crippen molar-refractivity contribution in [2.75, 3.05) is 43.5 Å². The molecule has 0 atom stereocenters. The van der Waals surface area contributed by atoms with Crippen molar-refractivity contribution in [2.45, 2.75) is 6.92 Å². The number of para-hydroxylation sites is 1. The van der Waals surface area contributed by atoms with Crippen LogP contribution in [-0.4, -0.2) is 66.0 Å². The molecule has 2 N–H and O–H groups in total. The summed E-state index contributed by atoms with van der Waals surface area (Å²) in [6, 6.07) is 8.26. The molecule has 1 saturated heterocycles. The summed E-state index contributed by atoms with van der Waals surface area (Å²) in [5.74, 6) is -1.99. The van der Waals surface area contributed by atoms with Crippen LogP contribution < -0.4 is 10.2 Å². The third-order valence-electron chi connectivity index (χ3n) is 5.19. The number of nitro groups is 1. The molecule has 32 heavy (non-hydrogen) atoms. The quantitative estimate of drug-likeness (QED) is 0.310. The normalized spacial score (nSPS) is 13.4. The van der Waals surface area contributed by atoms with Crippen LogP contribution >= 0.6 is 0 Å². The van der Waals surface area contributed by atoms with Crippen molar-refractivity contribution < 1.29 is 29.2 Å². The van der Waals surface area contributed by atoms with Gasteiger partial charge in [-0.25, -0.2) is 4.79 Å². The summed E-state index contributed by atoms with van der Waals surface area (Å²) in [7, 11) is 1.16. The SMILES string of the molecule is COC(=O)c1cccc(NC(=O)c2ccc(N3CCN(C(C)=O)CC3)c([N+](=O)[O-])c2)c1O. The van der Waals surface area contributed by atoms with Crippen molar-refractivity contribution in [3.05, 3.63) is 57.6 Å². The molecule has 1 fully saturated rings. The van der Waals surface area contributed by atoms with Crippen molar-refractivity contribution >= 4 is 34.8 Å². The van der Waals surface area contributed by atoms with Crippen LogP contribution in [0.3, 0.4) is 0 Å². The fourth-order valence-corrected chi connectivity index (χ4v) is 3.45. The van der Waals surface area contributed by atoms with Crippen LogP contribution in [-0.2, 0) is 9.53 Å². The molecule has 11 heteroatoms. The third-order valence-corrected chi connectivity index (χ3v) is 5.19. The number of benzene rings is 2. The molecular formula is C21H22N4O7. The van der Waals surface area contributed by atoms with E-state index in [9.17, 15) is 29.6 Å². The van der Waals surface area contributed by atoms with E-state index in [2.05, 4.69) is 10.1 Å². The van der Waals surface area contributed by atoms with Crippen LogP contribution in [0.4, 0.5) is 17.1 Å². The first-order valence-corrected chi connectivity index (χ1v) is 9.73. The van der Waals surface area contributed by atoms with Gasteiger partial charge in [0.2, 0.25) is 5.91 Å². The number of ether oxygens (including phenoxy) is 1. The van der Waals surface area contributed by atoms with E-state index in [0.717, 1.165) is 13.2 Å². The van der Waals surface area contributed by atoms with Gasteiger partial charge in [0.15, 0.2) is 5.75 Å². The molecule has 3 rings (SSSR count). The number of hydrogen-bond donors (Lipinski definition) is 2. The van der Waals surface area contributed by atoms with Crippen molar-refractivity contribution in [3.63, 3.8) is 0 Å². The first-order valence-electron chi connectivity index (χ1n) is 9.73. The van der Waals surface area contributed by atoms with E-state index >= 15 is 0 Å². The monoisotopic (exact) mass is 442 g/mol. The predicted octanol–water partition coefficient (Wildman–Crippen LogP) is 2.01. The lowest BCUT2D eigenvalue weighted by Gasteiger charge is -2.35. The number of rotatable bonds is 5. The molecule has 2 aromatic carbocycles. The van der Waals surface area contributed by atoms with E-state index in [1.165, 1.54) is 37.3 Å². The average molecular weight is 442 g/mol. The Bertz CT molecular complexity index is 1080. The number of nitrogens with one attached hydrogen (secondary N) is 1. The number of esters is 1. The number of nitrogens with zero attached hydrogens (tertiary/aromatic N) is 3. The highest BCUT2D eigenvalue weighted by Crippen LogP contribution is 2.32. The van der Waals surface area contributed by atoms with Gasteiger partial charge >= 0.3 is 5.97 Å². The predicted molar refractivity (Wildman–Crippen MR) is 115 cm³/mol. The molecule has 0 unspecified atom stereocenters. The lowest BCUT2D eigenvalue weighted by Crippen LogP contribution is -2.48. The number of phenols is 1. The molecule has 1 aliphatic heterocycles. The van der Waals surface area contributed by atoms with Gasteiger partial charge in [-0.3, -0.25) is 19.7 Å². The summed E-state index contributed by atoms with van der Waals surface area (Å²) < 4.78 is 4.58. The number of hydrogen-bond acceptors (Lipinski definition) is 8. The van der Waals surface area contributed by atoms with E-state index in [0.29, 0.717) is 31.9 Å². The standard InChI is InChI=1S/C21H22N4O7/c1-13(26)23-8-10-24(11-9-23)17-7-6-14(12-18(17)25(30)31)20(28)22-16-5-3-4-15(19(16)27)21(29)32-2/h3-7,12,27H,8-11H2,1-2H3,(H,22,28). The Morgan fingerprint density at radius 3 is 2.41 bits per heavy atom. The molecule has 0 radical (unpaired) electrons. The van der Waals surface area contributed by atoms with Gasteiger partial charge in [-0.2, -0.15) is 0 Å². The zero-order valence-corrected chi connectivity index (χ0v) is 17.5. The maximum absolute atomic E-state index is 12.7. The van der Waals surface area contributed by atoms with Crippen LogP contribution in [0.2, 0.25) is 0 Å². The topological polar surface area (TPSA) is 142 Å². The fourth-order valence-electron chi connectivity index (χ4n) is 3.45.